The van der Waals surface area contributed by atoms with Crippen molar-refractivity contribution in [3.8, 4) is 0 Å². The van der Waals surface area contributed by atoms with Gasteiger partial charge < -0.3 is 5.32 Å². The molecule has 1 aliphatic heterocycles. The molecule has 0 aromatic carbocycles. The molecule has 0 radical (unpaired) electrons. The number of aromatic nitrogens is 1. The predicted octanol–water partition coefficient (Wildman–Crippen LogP) is 2.35. The van der Waals surface area contributed by atoms with Gasteiger partial charge >= 0.3 is 0 Å². The predicted molar refractivity (Wildman–Crippen MR) is 73.2 cm³/mol. The SMILES string of the molecule is CC(C)C1CNC(C)(C)CN1Cc1nccs1. The molecule has 1 atom stereocenters. The minimum Gasteiger partial charge on any atom is -0.309 e. The fourth-order valence-corrected chi connectivity index (χ4v) is 3.17. The van der Waals surface area contributed by atoms with Crippen LogP contribution in [-0.4, -0.2) is 34.6 Å². The highest BCUT2D eigenvalue weighted by atomic mass is 32.1. The summed E-state index contributed by atoms with van der Waals surface area (Å²) in [5, 5.41) is 6.93. The lowest BCUT2D eigenvalue weighted by atomic mass is 9.93. The summed E-state index contributed by atoms with van der Waals surface area (Å²) in [5.41, 5.74) is 0.211. The van der Waals surface area contributed by atoms with E-state index in [4.69, 9.17) is 0 Å². The normalized spacial score (nSPS) is 25.4. The van der Waals surface area contributed by atoms with Crippen molar-refractivity contribution in [1.82, 2.24) is 15.2 Å². The average Bonchev–Trinajstić information content (AvgIpc) is 2.68. The van der Waals surface area contributed by atoms with Crippen LogP contribution in [0, 0.1) is 5.92 Å². The molecule has 3 nitrogen and oxygen atoms in total. The van der Waals surface area contributed by atoms with E-state index in [0.717, 1.165) is 19.6 Å². The van der Waals surface area contributed by atoms with E-state index in [1.54, 1.807) is 11.3 Å². The first-order valence-corrected chi connectivity index (χ1v) is 7.23. The Morgan fingerprint density at radius 3 is 2.94 bits per heavy atom. The van der Waals surface area contributed by atoms with Gasteiger partial charge in [-0.15, -0.1) is 11.3 Å². The van der Waals surface area contributed by atoms with Gasteiger partial charge in [-0.25, -0.2) is 4.98 Å². The topological polar surface area (TPSA) is 28.2 Å². The van der Waals surface area contributed by atoms with Crippen molar-refractivity contribution >= 4 is 11.3 Å². The summed E-state index contributed by atoms with van der Waals surface area (Å²) in [4.78, 5) is 6.99. The molecule has 1 aliphatic rings. The highest BCUT2D eigenvalue weighted by molar-refractivity contribution is 7.09. The molecule has 0 bridgehead atoms. The summed E-state index contributed by atoms with van der Waals surface area (Å²) in [6.45, 7) is 12.3. The van der Waals surface area contributed by atoms with Crippen LogP contribution in [0.25, 0.3) is 0 Å². The summed E-state index contributed by atoms with van der Waals surface area (Å²) in [6.07, 6.45) is 1.90. The van der Waals surface area contributed by atoms with Crippen LogP contribution in [-0.2, 0) is 6.54 Å². The molecule has 0 aliphatic carbocycles. The number of piperazine rings is 1. The van der Waals surface area contributed by atoms with Gasteiger partial charge in [0, 0.05) is 36.2 Å². The maximum absolute atomic E-state index is 4.41. The van der Waals surface area contributed by atoms with E-state index >= 15 is 0 Å². The van der Waals surface area contributed by atoms with E-state index < -0.39 is 0 Å². The van der Waals surface area contributed by atoms with Crippen molar-refractivity contribution < 1.29 is 0 Å². The first-order chi connectivity index (χ1) is 7.98. The Morgan fingerprint density at radius 1 is 1.59 bits per heavy atom. The maximum atomic E-state index is 4.41. The highest BCUT2D eigenvalue weighted by Crippen LogP contribution is 2.22. The Bertz CT molecular complexity index is 346. The number of nitrogens with zero attached hydrogens (tertiary/aromatic N) is 2. The Kier molecular flexibility index (Phi) is 3.85. The van der Waals surface area contributed by atoms with Crippen molar-refractivity contribution in [2.75, 3.05) is 13.1 Å². The summed E-state index contributed by atoms with van der Waals surface area (Å²) in [7, 11) is 0. The van der Waals surface area contributed by atoms with E-state index in [2.05, 4.69) is 48.3 Å². The van der Waals surface area contributed by atoms with Gasteiger partial charge in [-0.1, -0.05) is 13.8 Å². The van der Waals surface area contributed by atoms with E-state index in [1.165, 1.54) is 5.01 Å². The number of rotatable bonds is 3. The van der Waals surface area contributed by atoms with Gasteiger partial charge in [0.1, 0.15) is 5.01 Å². The third-order valence-electron chi connectivity index (χ3n) is 3.45. The lowest BCUT2D eigenvalue weighted by Crippen LogP contribution is -2.62. The summed E-state index contributed by atoms with van der Waals surface area (Å²) in [5.74, 6) is 0.679. The fraction of sp³-hybridized carbons (Fsp3) is 0.769. The molecule has 96 valence electrons. The molecule has 1 aromatic rings. The van der Waals surface area contributed by atoms with Crippen LogP contribution in [0.15, 0.2) is 11.6 Å². The number of hydrogen-bond donors (Lipinski definition) is 1. The second-order valence-corrected chi connectivity index (χ2v) is 6.89. The van der Waals surface area contributed by atoms with Crippen LogP contribution < -0.4 is 5.32 Å². The molecule has 0 spiro atoms. The standard InChI is InChI=1S/C13H23N3S/c1-10(2)11-7-15-13(3,4)9-16(11)8-12-14-5-6-17-12/h5-6,10-11,15H,7-9H2,1-4H3. The van der Waals surface area contributed by atoms with E-state index in [9.17, 15) is 0 Å². The lowest BCUT2D eigenvalue weighted by molar-refractivity contribution is 0.0627. The fourth-order valence-electron chi connectivity index (χ4n) is 2.53. The van der Waals surface area contributed by atoms with Gasteiger partial charge in [-0.05, 0) is 19.8 Å². The minimum atomic E-state index is 0.211. The maximum Gasteiger partial charge on any atom is 0.107 e. The van der Waals surface area contributed by atoms with Crippen LogP contribution in [0.1, 0.15) is 32.7 Å². The average molecular weight is 253 g/mol. The number of hydrogen-bond acceptors (Lipinski definition) is 4. The van der Waals surface area contributed by atoms with E-state index in [0.29, 0.717) is 12.0 Å². The Balaban J connectivity index is 2.08. The quantitative estimate of drug-likeness (QED) is 0.896. The molecule has 2 rings (SSSR count). The number of thiazole rings is 1. The van der Waals surface area contributed by atoms with Gasteiger partial charge in [-0.2, -0.15) is 0 Å². The first-order valence-electron chi connectivity index (χ1n) is 6.35. The highest BCUT2D eigenvalue weighted by Gasteiger charge is 2.34. The van der Waals surface area contributed by atoms with Crippen LogP contribution in [0.5, 0.6) is 0 Å². The number of nitrogens with one attached hydrogen (secondary N) is 1. The molecular weight excluding hydrogens is 230 g/mol. The molecule has 1 fully saturated rings. The Morgan fingerprint density at radius 2 is 2.35 bits per heavy atom. The molecule has 1 N–H and O–H groups in total. The molecular formula is C13H23N3S. The van der Waals surface area contributed by atoms with Gasteiger partial charge in [0.05, 0.1) is 6.54 Å². The van der Waals surface area contributed by atoms with Gasteiger partial charge in [0.25, 0.3) is 0 Å². The van der Waals surface area contributed by atoms with Crippen molar-refractivity contribution in [3.63, 3.8) is 0 Å². The van der Waals surface area contributed by atoms with Crippen molar-refractivity contribution in [2.24, 2.45) is 5.92 Å². The van der Waals surface area contributed by atoms with Gasteiger partial charge in [0.15, 0.2) is 0 Å². The molecule has 0 amide bonds. The summed E-state index contributed by atoms with van der Waals surface area (Å²) >= 11 is 1.76. The van der Waals surface area contributed by atoms with Crippen LogP contribution in [0.4, 0.5) is 0 Å². The zero-order valence-corrected chi connectivity index (χ0v) is 12.0. The lowest BCUT2D eigenvalue weighted by Gasteiger charge is -2.46. The van der Waals surface area contributed by atoms with Gasteiger partial charge in [0.2, 0.25) is 0 Å². The Hall–Kier alpha value is -0.450. The zero-order valence-electron chi connectivity index (χ0n) is 11.2. The summed E-state index contributed by atoms with van der Waals surface area (Å²) in [6, 6.07) is 0.618. The largest absolute Gasteiger partial charge is 0.309 e. The van der Waals surface area contributed by atoms with Crippen molar-refractivity contribution in [1.29, 1.82) is 0 Å². The van der Waals surface area contributed by atoms with Crippen LogP contribution in [0.3, 0.4) is 0 Å². The van der Waals surface area contributed by atoms with Crippen molar-refractivity contribution in [2.45, 2.75) is 45.8 Å². The smallest absolute Gasteiger partial charge is 0.107 e. The third kappa shape index (κ3) is 3.27. The van der Waals surface area contributed by atoms with E-state index in [1.807, 2.05) is 6.20 Å². The molecule has 2 heterocycles. The third-order valence-corrected chi connectivity index (χ3v) is 4.21. The van der Waals surface area contributed by atoms with E-state index in [-0.39, 0.29) is 5.54 Å². The summed E-state index contributed by atoms with van der Waals surface area (Å²) < 4.78 is 0. The molecule has 1 saturated heterocycles. The molecule has 1 aromatic heterocycles. The molecule has 17 heavy (non-hydrogen) atoms. The van der Waals surface area contributed by atoms with Crippen LogP contribution >= 0.6 is 11.3 Å². The molecule has 4 heteroatoms. The molecule has 0 saturated carbocycles. The second kappa shape index (κ2) is 5.04. The van der Waals surface area contributed by atoms with Crippen molar-refractivity contribution in [3.05, 3.63) is 16.6 Å². The Labute approximate surface area is 108 Å². The first kappa shape index (κ1) is 13.0. The minimum absolute atomic E-state index is 0.211. The zero-order chi connectivity index (χ0) is 12.5. The van der Waals surface area contributed by atoms with Crippen LogP contribution in [0.2, 0.25) is 0 Å². The second-order valence-electron chi connectivity index (χ2n) is 5.91. The monoisotopic (exact) mass is 253 g/mol. The van der Waals surface area contributed by atoms with Gasteiger partial charge in [-0.3, -0.25) is 4.90 Å². The molecule has 1 unspecified atom stereocenters.